The van der Waals surface area contributed by atoms with Crippen LogP contribution in [0.5, 0.6) is 0 Å². The smallest absolute Gasteiger partial charge is 0.236 e. The van der Waals surface area contributed by atoms with E-state index in [1.54, 1.807) is 6.92 Å². The van der Waals surface area contributed by atoms with Gasteiger partial charge >= 0.3 is 0 Å². The average molecular weight is 322 g/mol. The molecular formula is C16H26N4O3. The van der Waals surface area contributed by atoms with Crippen LogP contribution in [-0.2, 0) is 16.0 Å². The van der Waals surface area contributed by atoms with Crippen LogP contribution >= 0.6 is 0 Å². The fourth-order valence-corrected chi connectivity index (χ4v) is 3.40. The van der Waals surface area contributed by atoms with Gasteiger partial charge in [0.15, 0.2) is 5.82 Å². The van der Waals surface area contributed by atoms with Crippen molar-refractivity contribution in [3.63, 3.8) is 0 Å². The molecule has 2 aliphatic rings. The lowest BCUT2D eigenvalue weighted by Gasteiger charge is -2.32. The summed E-state index contributed by atoms with van der Waals surface area (Å²) in [6.07, 6.45) is 5.43. The molecule has 0 aliphatic carbocycles. The molecule has 7 nitrogen and oxygen atoms in total. The van der Waals surface area contributed by atoms with Crippen LogP contribution in [0, 0.1) is 12.8 Å². The molecule has 2 fully saturated rings. The van der Waals surface area contributed by atoms with E-state index >= 15 is 0 Å². The quantitative estimate of drug-likeness (QED) is 0.839. The number of ether oxygens (including phenoxy) is 1. The molecule has 2 atom stereocenters. The standard InChI is InChI=1S/C16H26N4O3/c1-12-18-15(19-23-12)8-13-4-2-6-20(11-13)16(21)10-17-9-14-5-3-7-22-14/h13-14,17H,2-11H2,1H3/t13-,14+/m0/s1. The summed E-state index contributed by atoms with van der Waals surface area (Å²) in [5.74, 6) is 1.94. The Bertz CT molecular complexity index is 513. The fraction of sp³-hybridized carbons (Fsp3) is 0.812. The van der Waals surface area contributed by atoms with Crippen LogP contribution in [0.25, 0.3) is 0 Å². The summed E-state index contributed by atoms with van der Waals surface area (Å²) in [6.45, 7) is 5.45. The number of hydrogen-bond acceptors (Lipinski definition) is 6. The third-order valence-corrected chi connectivity index (χ3v) is 4.58. The van der Waals surface area contributed by atoms with E-state index in [1.807, 2.05) is 4.90 Å². The Kier molecular flexibility index (Phi) is 5.61. The Balaban J connectivity index is 1.40. The van der Waals surface area contributed by atoms with Gasteiger partial charge in [-0.25, -0.2) is 0 Å². The first-order valence-electron chi connectivity index (χ1n) is 8.60. The molecule has 128 valence electrons. The molecule has 1 N–H and O–H groups in total. The van der Waals surface area contributed by atoms with Crippen LogP contribution in [-0.4, -0.2) is 59.8 Å². The van der Waals surface area contributed by atoms with E-state index in [-0.39, 0.29) is 12.0 Å². The Labute approximate surface area is 136 Å². The molecule has 3 heterocycles. The van der Waals surface area contributed by atoms with Gasteiger partial charge in [-0.2, -0.15) is 4.98 Å². The van der Waals surface area contributed by atoms with Crippen molar-refractivity contribution in [1.29, 1.82) is 0 Å². The number of aromatic nitrogens is 2. The number of likely N-dealkylation sites (tertiary alicyclic amines) is 1. The molecule has 3 rings (SSSR count). The van der Waals surface area contributed by atoms with Crippen LogP contribution < -0.4 is 5.32 Å². The van der Waals surface area contributed by atoms with Crippen molar-refractivity contribution < 1.29 is 14.1 Å². The maximum Gasteiger partial charge on any atom is 0.236 e. The maximum atomic E-state index is 12.3. The number of amides is 1. The molecule has 0 radical (unpaired) electrons. The topological polar surface area (TPSA) is 80.5 Å². The third kappa shape index (κ3) is 4.75. The molecule has 0 spiro atoms. The summed E-state index contributed by atoms with van der Waals surface area (Å²) in [6, 6.07) is 0. The van der Waals surface area contributed by atoms with Gasteiger partial charge in [0.05, 0.1) is 12.6 Å². The highest BCUT2D eigenvalue weighted by Crippen LogP contribution is 2.20. The summed E-state index contributed by atoms with van der Waals surface area (Å²) in [5.41, 5.74) is 0. The minimum Gasteiger partial charge on any atom is -0.377 e. The lowest BCUT2D eigenvalue weighted by Crippen LogP contribution is -2.45. The third-order valence-electron chi connectivity index (χ3n) is 4.58. The molecule has 2 aliphatic heterocycles. The highest BCUT2D eigenvalue weighted by molar-refractivity contribution is 5.78. The first-order chi connectivity index (χ1) is 11.2. The van der Waals surface area contributed by atoms with Crippen molar-refractivity contribution in [3.8, 4) is 0 Å². The number of nitrogens with one attached hydrogen (secondary N) is 1. The van der Waals surface area contributed by atoms with Crippen LogP contribution in [0.1, 0.15) is 37.4 Å². The fourth-order valence-electron chi connectivity index (χ4n) is 3.40. The van der Waals surface area contributed by atoms with Gasteiger partial charge in [0.2, 0.25) is 11.8 Å². The average Bonchev–Trinajstić information content (AvgIpc) is 3.19. The van der Waals surface area contributed by atoms with Crippen LogP contribution in [0.3, 0.4) is 0 Å². The molecule has 0 unspecified atom stereocenters. The summed E-state index contributed by atoms with van der Waals surface area (Å²) >= 11 is 0. The van der Waals surface area contributed by atoms with Gasteiger partial charge in [-0.05, 0) is 31.6 Å². The zero-order chi connectivity index (χ0) is 16.1. The lowest BCUT2D eigenvalue weighted by molar-refractivity contribution is -0.132. The SMILES string of the molecule is Cc1nc(C[C@@H]2CCCN(C(=O)CNC[C@H]3CCCO3)C2)no1. The molecule has 0 bridgehead atoms. The summed E-state index contributed by atoms with van der Waals surface area (Å²) in [4.78, 5) is 18.6. The second-order valence-corrected chi connectivity index (χ2v) is 6.55. The lowest BCUT2D eigenvalue weighted by atomic mass is 9.94. The highest BCUT2D eigenvalue weighted by Gasteiger charge is 2.25. The van der Waals surface area contributed by atoms with E-state index in [4.69, 9.17) is 9.26 Å². The predicted octanol–water partition coefficient (Wildman–Crippen LogP) is 0.928. The van der Waals surface area contributed by atoms with E-state index in [2.05, 4.69) is 15.5 Å². The minimum absolute atomic E-state index is 0.178. The van der Waals surface area contributed by atoms with Crippen molar-refractivity contribution in [3.05, 3.63) is 11.7 Å². The van der Waals surface area contributed by atoms with E-state index < -0.39 is 0 Å². The van der Waals surface area contributed by atoms with Gasteiger partial charge in [-0.1, -0.05) is 5.16 Å². The Hall–Kier alpha value is -1.47. The van der Waals surface area contributed by atoms with Gasteiger partial charge in [0, 0.05) is 39.6 Å². The molecular weight excluding hydrogens is 296 g/mol. The molecule has 23 heavy (non-hydrogen) atoms. The van der Waals surface area contributed by atoms with Gasteiger partial charge in [0.25, 0.3) is 0 Å². The highest BCUT2D eigenvalue weighted by atomic mass is 16.5. The maximum absolute atomic E-state index is 12.3. The summed E-state index contributed by atoms with van der Waals surface area (Å²) in [5, 5.41) is 7.19. The van der Waals surface area contributed by atoms with Crippen molar-refractivity contribution in [2.75, 3.05) is 32.8 Å². The molecule has 0 aromatic carbocycles. The normalized spacial score (nSPS) is 25.0. The number of hydrogen-bond donors (Lipinski definition) is 1. The number of aryl methyl sites for hydroxylation is 1. The number of carbonyl (C=O) groups is 1. The zero-order valence-electron chi connectivity index (χ0n) is 13.8. The molecule has 1 aromatic rings. The largest absolute Gasteiger partial charge is 0.377 e. The number of nitrogens with zero attached hydrogens (tertiary/aromatic N) is 3. The number of piperidine rings is 1. The molecule has 2 saturated heterocycles. The first kappa shape index (κ1) is 16.4. The van der Waals surface area contributed by atoms with Crippen molar-refractivity contribution in [2.45, 2.75) is 45.1 Å². The number of carbonyl (C=O) groups excluding carboxylic acids is 1. The second-order valence-electron chi connectivity index (χ2n) is 6.55. The van der Waals surface area contributed by atoms with Gasteiger partial charge in [-0.15, -0.1) is 0 Å². The molecule has 1 amide bonds. The Morgan fingerprint density at radius 2 is 2.30 bits per heavy atom. The molecule has 0 saturated carbocycles. The van der Waals surface area contributed by atoms with Crippen molar-refractivity contribution in [2.24, 2.45) is 5.92 Å². The van der Waals surface area contributed by atoms with Gasteiger partial charge < -0.3 is 19.5 Å². The Morgan fingerprint density at radius 1 is 1.39 bits per heavy atom. The summed E-state index contributed by atoms with van der Waals surface area (Å²) < 4.78 is 10.6. The predicted molar refractivity (Wildman–Crippen MR) is 83.9 cm³/mol. The number of rotatable bonds is 6. The second kappa shape index (κ2) is 7.88. The minimum atomic E-state index is 0.178. The monoisotopic (exact) mass is 322 g/mol. The zero-order valence-corrected chi connectivity index (χ0v) is 13.8. The molecule has 1 aromatic heterocycles. The van der Waals surface area contributed by atoms with E-state index in [9.17, 15) is 4.79 Å². The molecule has 7 heteroatoms. The van der Waals surface area contributed by atoms with Crippen molar-refractivity contribution in [1.82, 2.24) is 20.4 Å². The van der Waals surface area contributed by atoms with Gasteiger partial charge in [0.1, 0.15) is 0 Å². The Morgan fingerprint density at radius 3 is 3.04 bits per heavy atom. The van der Waals surface area contributed by atoms with E-state index in [0.29, 0.717) is 18.4 Å². The van der Waals surface area contributed by atoms with E-state index in [0.717, 1.165) is 64.2 Å². The summed E-state index contributed by atoms with van der Waals surface area (Å²) in [7, 11) is 0. The van der Waals surface area contributed by atoms with Crippen molar-refractivity contribution >= 4 is 5.91 Å². The van der Waals surface area contributed by atoms with Crippen LogP contribution in [0.4, 0.5) is 0 Å². The first-order valence-corrected chi connectivity index (χ1v) is 8.60. The van der Waals surface area contributed by atoms with Crippen LogP contribution in [0.15, 0.2) is 4.52 Å². The van der Waals surface area contributed by atoms with E-state index in [1.165, 1.54) is 0 Å². The van der Waals surface area contributed by atoms with Gasteiger partial charge in [-0.3, -0.25) is 4.79 Å². The van der Waals surface area contributed by atoms with Crippen LogP contribution in [0.2, 0.25) is 0 Å².